The summed E-state index contributed by atoms with van der Waals surface area (Å²) in [6.45, 7) is 1.84. The molecule has 3 amide bonds. The minimum atomic E-state index is -0.477. The Morgan fingerprint density at radius 2 is 1.86 bits per heavy atom. The van der Waals surface area contributed by atoms with Crippen LogP contribution in [0, 0.1) is 17.8 Å². The first kappa shape index (κ1) is 19.8. The number of rotatable bonds is 4. The van der Waals surface area contributed by atoms with Gasteiger partial charge < -0.3 is 10.1 Å². The summed E-state index contributed by atoms with van der Waals surface area (Å²) >= 11 is 1.39. The molecule has 0 spiro atoms. The number of esters is 1. The lowest BCUT2D eigenvalue weighted by Gasteiger charge is -2.18. The Kier molecular flexibility index (Phi) is 5.29. The second kappa shape index (κ2) is 7.74. The summed E-state index contributed by atoms with van der Waals surface area (Å²) < 4.78 is 4.93. The third kappa shape index (κ3) is 3.50. The zero-order valence-corrected chi connectivity index (χ0v) is 17.3. The van der Waals surface area contributed by atoms with Crippen LogP contribution in [0.3, 0.4) is 0 Å². The largest absolute Gasteiger partial charge is 0.465 e. The fraction of sp³-hybridized carbons (Fsp3) is 0.524. The summed E-state index contributed by atoms with van der Waals surface area (Å²) in [6, 6.07) is 0. The minimum absolute atomic E-state index is 0.285. The van der Waals surface area contributed by atoms with Gasteiger partial charge >= 0.3 is 5.97 Å². The first-order chi connectivity index (χ1) is 13.9. The standard InChI is InChI=1S/C21H24N2O5S/c1-11-7-8-14-15(9-11)29-18(17(14)21(27)28-2)22-16(24)10-23-19(25)12-5-3-4-6-13(12)20(23)26/h3-4,11-13H,5-10H2,1-2H3,(H,22,24)/t11-,12-,13+/m0/s1. The van der Waals surface area contributed by atoms with Gasteiger partial charge in [0.25, 0.3) is 0 Å². The van der Waals surface area contributed by atoms with Crippen LogP contribution in [0.2, 0.25) is 0 Å². The molecule has 4 rings (SSSR count). The van der Waals surface area contributed by atoms with Crippen LogP contribution in [0.4, 0.5) is 5.00 Å². The number of carbonyl (C=O) groups excluding carboxylic acids is 4. The Balaban J connectivity index is 1.52. The van der Waals surface area contributed by atoms with Gasteiger partial charge in [-0.25, -0.2) is 4.79 Å². The lowest BCUT2D eigenvalue weighted by Crippen LogP contribution is -2.38. The van der Waals surface area contributed by atoms with E-state index < -0.39 is 11.9 Å². The Bertz CT molecular complexity index is 892. The van der Waals surface area contributed by atoms with Crippen molar-refractivity contribution in [2.45, 2.75) is 39.0 Å². The predicted molar refractivity (Wildman–Crippen MR) is 108 cm³/mol. The number of likely N-dealkylation sites (tertiary alicyclic amines) is 1. The molecule has 3 atom stereocenters. The number of nitrogens with one attached hydrogen (secondary N) is 1. The summed E-state index contributed by atoms with van der Waals surface area (Å²) in [4.78, 5) is 52.3. The second-order valence-corrected chi connectivity index (χ2v) is 9.12. The topological polar surface area (TPSA) is 92.8 Å². The maximum absolute atomic E-state index is 12.7. The van der Waals surface area contributed by atoms with Crippen LogP contribution in [0.1, 0.15) is 47.0 Å². The summed E-state index contributed by atoms with van der Waals surface area (Å²) in [5, 5.41) is 3.21. The molecule has 8 heteroatoms. The number of imide groups is 1. The van der Waals surface area contributed by atoms with Crippen molar-refractivity contribution in [3.63, 3.8) is 0 Å². The number of ether oxygens (including phenoxy) is 1. The molecule has 1 fully saturated rings. The average Bonchev–Trinajstić information content (AvgIpc) is 3.17. The molecule has 1 N–H and O–H groups in total. The lowest BCUT2D eigenvalue weighted by atomic mass is 9.85. The average molecular weight is 416 g/mol. The van der Waals surface area contributed by atoms with Gasteiger partial charge in [-0.3, -0.25) is 19.3 Å². The quantitative estimate of drug-likeness (QED) is 0.463. The van der Waals surface area contributed by atoms with Crippen molar-refractivity contribution in [1.82, 2.24) is 4.90 Å². The van der Waals surface area contributed by atoms with E-state index in [4.69, 9.17) is 4.74 Å². The van der Waals surface area contributed by atoms with E-state index in [1.165, 1.54) is 18.4 Å². The van der Waals surface area contributed by atoms with Crippen molar-refractivity contribution < 1.29 is 23.9 Å². The number of hydrogen-bond acceptors (Lipinski definition) is 6. The number of allylic oxidation sites excluding steroid dienone is 2. The molecular formula is C21H24N2O5S. The maximum atomic E-state index is 12.7. The molecule has 154 valence electrons. The summed E-state index contributed by atoms with van der Waals surface area (Å²) in [6.07, 6.45) is 7.51. The van der Waals surface area contributed by atoms with Crippen LogP contribution in [-0.2, 0) is 32.0 Å². The van der Waals surface area contributed by atoms with E-state index >= 15 is 0 Å². The van der Waals surface area contributed by atoms with E-state index in [9.17, 15) is 19.2 Å². The molecule has 0 unspecified atom stereocenters. The van der Waals surface area contributed by atoms with Crippen LogP contribution in [0.15, 0.2) is 12.2 Å². The van der Waals surface area contributed by atoms with E-state index in [2.05, 4.69) is 12.2 Å². The first-order valence-electron chi connectivity index (χ1n) is 9.93. The molecule has 1 aromatic rings. The van der Waals surface area contributed by atoms with Gasteiger partial charge in [0.15, 0.2) is 0 Å². The fourth-order valence-corrected chi connectivity index (χ4v) is 5.91. The van der Waals surface area contributed by atoms with Crippen molar-refractivity contribution in [1.29, 1.82) is 0 Å². The third-order valence-electron chi connectivity index (χ3n) is 6.05. The monoisotopic (exact) mass is 416 g/mol. The highest BCUT2D eigenvalue weighted by Crippen LogP contribution is 2.40. The molecule has 0 bridgehead atoms. The predicted octanol–water partition coefficient (Wildman–Crippen LogP) is 2.55. The molecule has 0 aromatic carbocycles. The molecule has 29 heavy (non-hydrogen) atoms. The van der Waals surface area contributed by atoms with E-state index in [1.807, 2.05) is 12.2 Å². The van der Waals surface area contributed by atoms with E-state index in [0.717, 1.165) is 34.6 Å². The van der Waals surface area contributed by atoms with Crippen LogP contribution in [0.25, 0.3) is 0 Å². The van der Waals surface area contributed by atoms with Gasteiger partial charge in [-0.15, -0.1) is 11.3 Å². The smallest absolute Gasteiger partial charge is 0.341 e. The van der Waals surface area contributed by atoms with Gasteiger partial charge in [-0.05, 0) is 43.6 Å². The molecule has 1 saturated heterocycles. The number of hydrogen-bond donors (Lipinski definition) is 1. The van der Waals surface area contributed by atoms with Crippen molar-refractivity contribution in [2.24, 2.45) is 17.8 Å². The van der Waals surface area contributed by atoms with E-state index in [1.54, 1.807) is 0 Å². The maximum Gasteiger partial charge on any atom is 0.341 e. The van der Waals surface area contributed by atoms with Crippen molar-refractivity contribution in [3.05, 3.63) is 28.2 Å². The molecule has 0 saturated carbocycles. The van der Waals surface area contributed by atoms with Crippen molar-refractivity contribution in [3.8, 4) is 0 Å². The van der Waals surface area contributed by atoms with Gasteiger partial charge in [-0.1, -0.05) is 19.1 Å². The number of fused-ring (bicyclic) bond motifs is 2. The highest BCUT2D eigenvalue weighted by atomic mass is 32.1. The van der Waals surface area contributed by atoms with Crippen LogP contribution in [0.5, 0.6) is 0 Å². The minimum Gasteiger partial charge on any atom is -0.465 e. The molecule has 0 radical (unpaired) electrons. The van der Waals surface area contributed by atoms with Gasteiger partial charge in [0.2, 0.25) is 17.7 Å². The van der Waals surface area contributed by atoms with Gasteiger partial charge in [0, 0.05) is 4.88 Å². The Morgan fingerprint density at radius 1 is 1.21 bits per heavy atom. The highest BCUT2D eigenvalue weighted by Gasteiger charge is 2.47. The van der Waals surface area contributed by atoms with Crippen LogP contribution in [-0.4, -0.2) is 42.2 Å². The Labute approximate surface area is 173 Å². The zero-order chi connectivity index (χ0) is 20.7. The van der Waals surface area contributed by atoms with Gasteiger partial charge in [0.1, 0.15) is 11.5 Å². The number of thiophene rings is 1. The highest BCUT2D eigenvalue weighted by molar-refractivity contribution is 7.17. The Hall–Kier alpha value is -2.48. The molecule has 7 nitrogen and oxygen atoms in total. The summed E-state index contributed by atoms with van der Waals surface area (Å²) in [5.41, 5.74) is 1.35. The first-order valence-corrected chi connectivity index (χ1v) is 10.7. The molecular weight excluding hydrogens is 392 g/mol. The van der Waals surface area contributed by atoms with Crippen molar-refractivity contribution in [2.75, 3.05) is 19.0 Å². The third-order valence-corrected chi connectivity index (χ3v) is 7.22. The number of amides is 3. The molecule has 1 aliphatic heterocycles. The van der Waals surface area contributed by atoms with Crippen molar-refractivity contribution >= 4 is 40.0 Å². The second-order valence-electron chi connectivity index (χ2n) is 8.01. The number of carbonyl (C=O) groups is 4. The zero-order valence-electron chi connectivity index (χ0n) is 16.5. The molecule has 2 aliphatic carbocycles. The fourth-order valence-electron chi connectivity index (χ4n) is 4.49. The van der Waals surface area contributed by atoms with Gasteiger partial charge in [0.05, 0.1) is 24.5 Å². The summed E-state index contributed by atoms with van der Waals surface area (Å²) in [5.74, 6) is -1.72. The number of nitrogens with zero attached hydrogens (tertiary/aromatic N) is 1. The number of methoxy groups -OCH3 is 1. The van der Waals surface area contributed by atoms with E-state index in [0.29, 0.717) is 29.3 Å². The Morgan fingerprint density at radius 3 is 2.48 bits per heavy atom. The lowest BCUT2D eigenvalue weighted by molar-refractivity contribution is -0.142. The van der Waals surface area contributed by atoms with Crippen LogP contribution < -0.4 is 5.32 Å². The number of anilines is 1. The van der Waals surface area contributed by atoms with Crippen LogP contribution >= 0.6 is 11.3 Å². The molecule has 1 aromatic heterocycles. The summed E-state index contributed by atoms with van der Waals surface area (Å²) in [7, 11) is 1.32. The molecule has 3 aliphatic rings. The normalized spacial score (nSPS) is 25.6. The van der Waals surface area contributed by atoms with E-state index in [-0.39, 0.29) is 30.2 Å². The molecule has 2 heterocycles. The SMILES string of the molecule is COC(=O)c1c(NC(=O)CN2C(=O)[C@H]3CC=CC[C@H]3C2=O)sc2c1CC[C@H](C)C2. The van der Waals surface area contributed by atoms with Gasteiger partial charge in [-0.2, -0.15) is 0 Å².